The van der Waals surface area contributed by atoms with E-state index < -0.39 is 5.79 Å². The van der Waals surface area contributed by atoms with Crippen LogP contribution in [0.4, 0.5) is 0 Å². The maximum atomic E-state index is 10.8. The number of allylic oxidation sites excluding steroid dienone is 2. The first kappa shape index (κ1) is 9.89. The summed E-state index contributed by atoms with van der Waals surface area (Å²) < 4.78 is 10.5. The minimum Gasteiger partial charge on any atom is -0.346 e. The number of methoxy groups -OCH3 is 1. The Balaban J connectivity index is 2.71. The Morgan fingerprint density at radius 1 is 1.54 bits per heavy atom. The third kappa shape index (κ3) is 2.37. The second-order valence-corrected chi connectivity index (χ2v) is 2.59. The fraction of sp³-hybridized carbons (Fsp3) is 0.300. The molecule has 0 heterocycles. The van der Waals surface area contributed by atoms with Crippen LogP contribution in [0.2, 0.25) is 0 Å². The van der Waals surface area contributed by atoms with Crippen LogP contribution in [0.5, 0.6) is 0 Å². The van der Waals surface area contributed by atoms with Gasteiger partial charge in [0.1, 0.15) is 0 Å². The SMILES string of the molecule is C=CCOC1(OC)C=CC(=O)C=C1. The van der Waals surface area contributed by atoms with Gasteiger partial charge in [0.05, 0.1) is 6.61 Å². The molecule has 0 unspecified atom stereocenters. The van der Waals surface area contributed by atoms with Gasteiger partial charge in [-0.15, -0.1) is 6.58 Å². The molecule has 0 atom stereocenters. The lowest BCUT2D eigenvalue weighted by atomic mass is 10.1. The average molecular weight is 180 g/mol. The van der Waals surface area contributed by atoms with Gasteiger partial charge >= 0.3 is 0 Å². The number of carbonyl (C=O) groups is 1. The van der Waals surface area contributed by atoms with Crippen LogP contribution < -0.4 is 0 Å². The summed E-state index contributed by atoms with van der Waals surface area (Å²) in [5.74, 6) is -0.961. The number of ether oxygens (including phenoxy) is 2. The van der Waals surface area contributed by atoms with Gasteiger partial charge in [-0.05, 0) is 24.3 Å². The van der Waals surface area contributed by atoms with Crippen molar-refractivity contribution in [2.24, 2.45) is 0 Å². The van der Waals surface area contributed by atoms with Crippen molar-refractivity contribution in [3.8, 4) is 0 Å². The van der Waals surface area contributed by atoms with E-state index in [9.17, 15) is 4.79 Å². The molecule has 0 aromatic heterocycles. The molecule has 0 bridgehead atoms. The molecule has 3 heteroatoms. The molecule has 0 aromatic carbocycles. The molecule has 1 aliphatic carbocycles. The Kier molecular flexibility index (Phi) is 3.17. The highest BCUT2D eigenvalue weighted by Crippen LogP contribution is 2.19. The topological polar surface area (TPSA) is 35.5 Å². The molecule has 3 nitrogen and oxygen atoms in total. The van der Waals surface area contributed by atoms with Crippen LogP contribution in [-0.4, -0.2) is 25.3 Å². The van der Waals surface area contributed by atoms with E-state index in [2.05, 4.69) is 6.58 Å². The highest BCUT2D eigenvalue weighted by molar-refractivity contribution is 6.00. The zero-order chi connectivity index (χ0) is 9.73. The van der Waals surface area contributed by atoms with Gasteiger partial charge in [0.15, 0.2) is 5.78 Å². The van der Waals surface area contributed by atoms with E-state index in [1.165, 1.54) is 19.3 Å². The van der Waals surface area contributed by atoms with Crippen molar-refractivity contribution in [2.45, 2.75) is 5.79 Å². The highest BCUT2D eigenvalue weighted by Gasteiger charge is 2.26. The lowest BCUT2D eigenvalue weighted by molar-refractivity contribution is -0.147. The summed E-state index contributed by atoms with van der Waals surface area (Å²) in [6, 6.07) is 0. The number of hydrogen-bond acceptors (Lipinski definition) is 3. The third-order valence-electron chi connectivity index (χ3n) is 1.71. The molecule has 0 saturated carbocycles. The minimum absolute atomic E-state index is 0.0603. The Morgan fingerprint density at radius 2 is 2.15 bits per heavy atom. The Labute approximate surface area is 77.3 Å². The van der Waals surface area contributed by atoms with Crippen LogP contribution in [0.1, 0.15) is 0 Å². The molecular weight excluding hydrogens is 168 g/mol. The number of rotatable bonds is 4. The standard InChI is InChI=1S/C10H12O3/c1-3-8-13-10(12-2)6-4-9(11)5-7-10/h3-7H,1,8H2,2H3. The molecule has 1 rings (SSSR count). The maximum Gasteiger partial charge on any atom is 0.208 e. The van der Waals surface area contributed by atoms with Crippen molar-refractivity contribution in [2.75, 3.05) is 13.7 Å². The van der Waals surface area contributed by atoms with Gasteiger partial charge in [-0.3, -0.25) is 4.79 Å². The van der Waals surface area contributed by atoms with E-state index in [0.717, 1.165) is 0 Å². The molecule has 0 radical (unpaired) electrons. The summed E-state index contributed by atoms with van der Waals surface area (Å²) in [7, 11) is 1.52. The van der Waals surface area contributed by atoms with Crippen molar-refractivity contribution >= 4 is 5.78 Å². The fourth-order valence-electron chi connectivity index (χ4n) is 0.988. The van der Waals surface area contributed by atoms with Gasteiger partial charge < -0.3 is 9.47 Å². The van der Waals surface area contributed by atoms with Crippen LogP contribution >= 0.6 is 0 Å². The lowest BCUT2D eigenvalue weighted by Gasteiger charge is -2.26. The van der Waals surface area contributed by atoms with Crippen LogP contribution in [0.15, 0.2) is 37.0 Å². The second kappa shape index (κ2) is 4.16. The largest absolute Gasteiger partial charge is 0.346 e. The molecule has 13 heavy (non-hydrogen) atoms. The van der Waals surface area contributed by atoms with Crippen LogP contribution in [-0.2, 0) is 14.3 Å². The van der Waals surface area contributed by atoms with Crippen molar-refractivity contribution in [1.29, 1.82) is 0 Å². The summed E-state index contributed by atoms with van der Waals surface area (Å²) in [5.41, 5.74) is 0. The van der Waals surface area contributed by atoms with E-state index in [-0.39, 0.29) is 5.78 Å². The second-order valence-electron chi connectivity index (χ2n) is 2.59. The predicted molar refractivity (Wildman–Crippen MR) is 49.2 cm³/mol. The summed E-state index contributed by atoms with van der Waals surface area (Å²) in [4.78, 5) is 10.8. The van der Waals surface area contributed by atoms with Crippen LogP contribution in [0.25, 0.3) is 0 Å². The normalized spacial score (nSPS) is 19.0. The van der Waals surface area contributed by atoms with Crippen LogP contribution in [0.3, 0.4) is 0 Å². The fourth-order valence-corrected chi connectivity index (χ4v) is 0.988. The van der Waals surface area contributed by atoms with Crippen molar-refractivity contribution < 1.29 is 14.3 Å². The van der Waals surface area contributed by atoms with Gasteiger partial charge in [-0.25, -0.2) is 0 Å². The Morgan fingerprint density at radius 3 is 2.62 bits per heavy atom. The zero-order valence-electron chi connectivity index (χ0n) is 7.53. The molecular formula is C10H12O3. The monoisotopic (exact) mass is 180 g/mol. The first-order valence-electron chi connectivity index (χ1n) is 3.95. The third-order valence-corrected chi connectivity index (χ3v) is 1.71. The zero-order valence-corrected chi connectivity index (χ0v) is 7.53. The molecule has 0 N–H and O–H groups in total. The molecule has 0 aliphatic heterocycles. The Bertz CT molecular complexity index is 247. The number of hydrogen-bond donors (Lipinski definition) is 0. The van der Waals surface area contributed by atoms with Crippen molar-refractivity contribution in [1.82, 2.24) is 0 Å². The van der Waals surface area contributed by atoms with Gasteiger partial charge in [0.25, 0.3) is 0 Å². The lowest BCUT2D eigenvalue weighted by Crippen LogP contribution is -2.32. The molecule has 70 valence electrons. The van der Waals surface area contributed by atoms with Gasteiger partial charge in [0, 0.05) is 7.11 Å². The molecule has 0 aromatic rings. The highest BCUT2D eigenvalue weighted by atomic mass is 16.7. The first-order valence-corrected chi connectivity index (χ1v) is 3.95. The number of ketones is 1. The maximum absolute atomic E-state index is 10.8. The van der Waals surface area contributed by atoms with Crippen molar-refractivity contribution in [3.63, 3.8) is 0 Å². The number of carbonyl (C=O) groups excluding carboxylic acids is 1. The quantitative estimate of drug-likeness (QED) is 0.482. The van der Waals surface area contributed by atoms with E-state index in [0.29, 0.717) is 6.61 Å². The van der Waals surface area contributed by atoms with Crippen LogP contribution in [0, 0.1) is 0 Å². The van der Waals surface area contributed by atoms with E-state index in [4.69, 9.17) is 9.47 Å². The molecule has 0 saturated heterocycles. The van der Waals surface area contributed by atoms with Gasteiger partial charge in [0.2, 0.25) is 5.79 Å². The Hall–Kier alpha value is -1.19. The average Bonchev–Trinajstić information content (AvgIpc) is 2.18. The summed E-state index contributed by atoms with van der Waals surface area (Å²) >= 11 is 0. The first-order chi connectivity index (χ1) is 6.22. The molecule has 0 fully saturated rings. The van der Waals surface area contributed by atoms with E-state index >= 15 is 0 Å². The molecule has 1 aliphatic rings. The smallest absolute Gasteiger partial charge is 0.208 e. The summed E-state index contributed by atoms with van der Waals surface area (Å²) in [5, 5.41) is 0. The molecule has 0 spiro atoms. The minimum atomic E-state index is -0.901. The predicted octanol–water partition coefficient (Wildman–Crippen LogP) is 1.23. The van der Waals surface area contributed by atoms with Gasteiger partial charge in [-0.1, -0.05) is 6.08 Å². The van der Waals surface area contributed by atoms with E-state index in [1.807, 2.05) is 0 Å². The van der Waals surface area contributed by atoms with Crippen molar-refractivity contribution in [3.05, 3.63) is 37.0 Å². The summed E-state index contributed by atoms with van der Waals surface area (Å²) in [6.07, 6.45) is 7.63. The molecule has 0 amide bonds. The van der Waals surface area contributed by atoms with E-state index in [1.54, 1.807) is 18.2 Å². The van der Waals surface area contributed by atoms with Gasteiger partial charge in [-0.2, -0.15) is 0 Å². The summed E-state index contributed by atoms with van der Waals surface area (Å²) in [6.45, 7) is 3.90.